The molecule has 0 radical (unpaired) electrons. The van der Waals surface area contributed by atoms with E-state index in [1.165, 1.54) is 6.26 Å². The molecule has 1 aromatic carbocycles. The minimum Gasteiger partial charge on any atom is -0.459 e. The Hall–Kier alpha value is -2.76. The fourth-order valence-corrected chi connectivity index (χ4v) is 2.92. The zero-order valence-corrected chi connectivity index (χ0v) is 13.9. The molecule has 6 nitrogen and oxygen atoms in total. The first-order valence-electron chi connectivity index (χ1n) is 8.00. The SMILES string of the molecule is Cc1cc(C)cc(NC(=O)N2CCN(C(=O)c3ccco3)CC2)c1. The van der Waals surface area contributed by atoms with E-state index in [1.807, 2.05) is 26.0 Å². The van der Waals surface area contributed by atoms with Gasteiger partial charge in [-0.3, -0.25) is 4.79 Å². The highest BCUT2D eigenvalue weighted by Gasteiger charge is 2.26. The highest BCUT2D eigenvalue weighted by Crippen LogP contribution is 2.15. The summed E-state index contributed by atoms with van der Waals surface area (Å²) in [7, 11) is 0. The van der Waals surface area contributed by atoms with Gasteiger partial charge < -0.3 is 19.5 Å². The second-order valence-corrected chi connectivity index (χ2v) is 6.06. The van der Waals surface area contributed by atoms with Gasteiger partial charge in [-0.1, -0.05) is 6.07 Å². The zero-order chi connectivity index (χ0) is 17.1. The normalized spacial score (nSPS) is 14.6. The molecule has 0 unspecified atom stereocenters. The zero-order valence-electron chi connectivity index (χ0n) is 13.9. The Morgan fingerprint density at radius 3 is 2.21 bits per heavy atom. The van der Waals surface area contributed by atoms with Crippen LogP contribution < -0.4 is 5.32 Å². The first-order chi connectivity index (χ1) is 11.5. The van der Waals surface area contributed by atoms with Crippen LogP contribution in [0.5, 0.6) is 0 Å². The molecule has 0 bridgehead atoms. The third kappa shape index (κ3) is 3.59. The third-order valence-corrected chi connectivity index (χ3v) is 4.06. The van der Waals surface area contributed by atoms with Crippen molar-refractivity contribution in [1.29, 1.82) is 0 Å². The summed E-state index contributed by atoms with van der Waals surface area (Å²) in [5.41, 5.74) is 3.02. The maximum Gasteiger partial charge on any atom is 0.321 e. The highest BCUT2D eigenvalue weighted by molar-refractivity contribution is 5.92. The minimum absolute atomic E-state index is 0.130. The molecule has 2 heterocycles. The Kier molecular flexibility index (Phi) is 4.55. The van der Waals surface area contributed by atoms with E-state index < -0.39 is 0 Å². The smallest absolute Gasteiger partial charge is 0.321 e. The van der Waals surface area contributed by atoms with Gasteiger partial charge in [-0.05, 0) is 49.2 Å². The molecule has 2 aromatic rings. The summed E-state index contributed by atoms with van der Waals surface area (Å²) in [6.07, 6.45) is 1.49. The van der Waals surface area contributed by atoms with Gasteiger partial charge in [0.2, 0.25) is 0 Å². The van der Waals surface area contributed by atoms with Crippen LogP contribution in [0.4, 0.5) is 10.5 Å². The lowest BCUT2D eigenvalue weighted by Gasteiger charge is -2.34. The Morgan fingerprint density at radius 1 is 1.00 bits per heavy atom. The van der Waals surface area contributed by atoms with Crippen LogP contribution in [0.3, 0.4) is 0 Å². The number of nitrogens with zero attached hydrogens (tertiary/aromatic N) is 2. The monoisotopic (exact) mass is 327 g/mol. The number of benzene rings is 1. The highest BCUT2D eigenvalue weighted by atomic mass is 16.3. The summed E-state index contributed by atoms with van der Waals surface area (Å²) >= 11 is 0. The molecule has 6 heteroatoms. The number of hydrogen-bond acceptors (Lipinski definition) is 3. The van der Waals surface area contributed by atoms with Crippen molar-refractivity contribution < 1.29 is 14.0 Å². The molecule has 1 fully saturated rings. The quantitative estimate of drug-likeness (QED) is 0.922. The van der Waals surface area contributed by atoms with Crippen LogP contribution in [-0.4, -0.2) is 47.9 Å². The fourth-order valence-electron chi connectivity index (χ4n) is 2.92. The summed E-state index contributed by atoms with van der Waals surface area (Å²) in [6.45, 7) is 6.01. The van der Waals surface area contributed by atoms with Crippen LogP contribution in [0.15, 0.2) is 41.0 Å². The van der Waals surface area contributed by atoms with Crippen molar-refractivity contribution in [3.8, 4) is 0 Å². The lowest BCUT2D eigenvalue weighted by molar-refractivity contribution is 0.0640. The number of furan rings is 1. The van der Waals surface area contributed by atoms with E-state index in [0.29, 0.717) is 31.9 Å². The summed E-state index contributed by atoms with van der Waals surface area (Å²) in [4.78, 5) is 28.0. The molecule has 126 valence electrons. The lowest BCUT2D eigenvalue weighted by Crippen LogP contribution is -2.51. The van der Waals surface area contributed by atoms with Gasteiger partial charge in [0.25, 0.3) is 5.91 Å². The maximum absolute atomic E-state index is 12.4. The number of piperazine rings is 1. The summed E-state index contributed by atoms with van der Waals surface area (Å²) in [6, 6.07) is 9.17. The first-order valence-corrected chi connectivity index (χ1v) is 8.00. The number of rotatable bonds is 2. The second kappa shape index (κ2) is 6.78. The number of amides is 3. The summed E-state index contributed by atoms with van der Waals surface area (Å²) < 4.78 is 5.14. The molecule has 1 aliphatic rings. The van der Waals surface area contributed by atoms with Crippen LogP contribution in [0.2, 0.25) is 0 Å². The molecular weight excluding hydrogens is 306 g/mol. The standard InChI is InChI=1S/C18H21N3O3/c1-13-10-14(2)12-15(11-13)19-18(23)21-7-5-20(6-8-21)17(22)16-4-3-9-24-16/h3-4,9-12H,5-8H2,1-2H3,(H,19,23). The van der Waals surface area contributed by atoms with Gasteiger partial charge in [-0.2, -0.15) is 0 Å². The molecule has 3 rings (SSSR count). The van der Waals surface area contributed by atoms with Gasteiger partial charge in [0.05, 0.1) is 6.26 Å². The number of aryl methyl sites for hydroxylation is 2. The van der Waals surface area contributed by atoms with Crippen LogP contribution >= 0.6 is 0 Å². The van der Waals surface area contributed by atoms with Gasteiger partial charge in [0.1, 0.15) is 0 Å². The average molecular weight is 327 g/mol. The number of carbonyl (C=O) groups is 2. The first kappa shape index (κ1) is 16.1. The van der Waals surface area contributed by atoms with Crippen molar-refractivity contribution in [2.45, 2.75) is 13.8 Å². The van der Waals surface area contributed by atoms with Crippen molar-refractivity contribution in [3.63, 3.8) is 0 Å². The van der Waals surface area contributed by atoms with Crippen molar-refractivity contribution in [2.75, 3.05) is 31.5 Å². The van der Waals surface area contributed by atoms with Crippen molar-refractivity contribution in [1.82, 2.24) is 9.80 Å². The van der Waals surface area contributed by atoms with E-state index >= 15 is 0 Å². The van der Waals surface area contributed by atoms with Crippen LogP contribution in [0.1, 0.15) is 21.7 Å². The van der Waals surface area contributed by atoms with E-state index in [1.54, 1.807) is 21.9 Å². The number of nitrogens with one attached hydrogen (secondary N) is 1. The molecule has 0 aliphatic carbocycles. The van der Waals surface area contributed by atoms with E-state index in [0.717, 1.165) is 16.8 Å². The predicted octanol–water partition coefficient (Wildman–Crippen LogP) is 2.89. The number of urea groups is 1. The Morgan fingerprint density at radius 2 is 1.62 bits per heavy atom. The minimum atomic E-state index is -0.134. The molecule has 1 aromatic heterocycles. The van der Waals surface area contributed by atoms with Crippen molar-refractivity contribution >= 4 is 17.6 Å². The molecule has 0 atom stereocenters. The van der Waals surface area contributed by atoms with E-state index in [4.69, 9.17) is 4.42 Å². The number of carbonyl (C=O) groups excluding carboxylic acids is 2. The number of hydrogen-bond donors (Lipinski definition) is 1. The second-order valence-electron chi connectivity index (χ2n) is 6.06. The van der Waals surface area contributed by atoms with Gasteiger partial charge >= 0.3 is 6.03 Å². The summed E-state index contributed by atoms with van der Waals surface area (Å²) in [5.74, 6) is 0.206. The lowest BCUT2D eigenvalue weighted by atomic mass is 10.1. The largest absolute Gasteiger partial charge is 0.459 e. The Balaban J connectivity index is 1.56. The Bertz CT molecular complexity index is 712. The summed E-state index contributed by atoms with van der Waals surface area (Å²) in [5, 5.41) is 2.93. The molecule has 3 amide bonds. The van der Waals surface area contributed by atoms with Gasteiger partial charge in [-0.15, -0.1) is 0 Å². The fraction of sp³-hybridized carbons (Fsp3) is 0.333. The topological polar surface area (TPSA) is 65.8 Å². The molecule has 24 heavy (non-hydrogen) atoms. The molecule has 1 saturated heterocycles. The maximum atomic E-state index is 12.4. The van der Waals surface area contributed by atoms with Gasteiger partial charge in [-0.25, -0.2) is 4.79 Å². The van der Waals surface area contributed by atoms with E-state index in [9.17, 15) is 9.59 Å². The van der Waals surface area contributed by atoms with Crippen molar-refractivity contribution in [2.24, 2.45) is 0 Å². The van der Waals surface area contributed by atoms with Crippen LogP contribution in [0, 0.1) is 13.8 Å². The third-order valence-electron chi connectivity index (χ3n) is 4.06. The van der Waals surface area contributed by atoms with Gasteiger partial charge in [0.15, 0.2) is 5.76 Å². The molecular formula is C18H21N3O3. The molecule has 1 N–H and O–H groups in total. The van der Waals surface area contributed by atoms with E-state index in [2.05, 4.69) is 11.4 Å². The van der Waals surface area contributed by atoms with E-state index in [-0.39, 0.29) is 11.9 Å². The molecule has 0 spiro atoms. The number of anilines is 1. The van der Waals surface area contributed by atoms with Crippen LogP contribution in [0.25, 0.3) is 0 Å². The average Bonchev–Trinajstić information content (AvgIpc) is 3.07. The molecule has 1 aliphatic heterocycles. The van der Waals surface area contributed by atoms with Crippen LogP contribution in [-0.2, 0) is 0 Å². The Labute approximate surface area is 141 Å². The van der Waals surface area contributed by atoms with Gasteiger partial charge in [0, 0.05) is 31.9 Å². The molecule has 0 saturated carbocycles. The van der Waals surface area contributed by atoms with Crippen molar-refractivity contribution in [3.05, 3.63) is 53.5 Å². The predicted molar refractivity (Wildman–Crippen MR) is 91.1 cm³/mol.